The van der Waals surface area contributed by atoms with E-state index in [1.165, 1.54) is 6.42 Å². The number of nitrogens with zero attached hydrogens (tertiary/aromatic N) is 2. The van der Waals surface area contributed by atoms with Gasteiger partial charge in [-0.2, -0.15) is 4.98 Å². The van der Waals surface area contributed by atoms with Crippen molar-refractivity contribution < 1.29 is 9.32 Å². The molecule has 1 N–H and O–H groups in total. The number of hydrogen-bond acceptors (Lipinski definition) is 4. The quantitative estimate of drug-likeness (QED) is 0.909. The van der Waals surface area contributed by atoms with E-state index >= 15 is 0 Å². The van der Waals surface area contributed by atoms with Crippen LogP contribution in [0.5, 0.6) is 0 Å². The van der Waals surface area contributed by atoms with Gasteiger partial charge in [-0.3, -0.25) is 4.79 Å². The molecular weight excluding hydrogens is 242 g/mol. The highest BCUT2D eigenvalue weighted by molar-refractivity contribution is 5.74. The lowest BCUT2D eigenvalue weighted by atomic mass is 9.81. The minimum absolute atomic E-state index is 0.0203. The van der Waals surface area contributed by atoms with Crippen LogP contribution in [0.15, 0.2) is 4.52 Å². The van der Waals surface area contributed by atoms with Gasteiger partial charge in [-0.15, -0.1) is 0 Å². The van der Waals surface area contributed by atoms with Gasteiger partial charge < -0.3 is 9.84 Å². The monoisotopic (exact) mass is 263 g/mol. The van der Waals surface area contributed by atoms with E-state index < -0.39 is 5.54 Å². The fourth-order valence-corrected chi connectivity index (χ4v) is 3.14. The topological polar surface area (TPSA) is 68.0 Å². The van der Waals surface area contributed by atoms with Gasteiger partial charge in [-0.25, -0.2) is 0 Å². The average Bonchev–Trinajstić information content (AvgIpc) is 2.92. The molecule has 2 fully saturated rings. The summed E-state index contributed by atoms with van der Waals surface area (Å²) in [6, 6.07) is 0. The molecule has 1 heterocycles. The minimum Gasteiger partial charge on any atom is -0.343 e. The summed E-state index contributed by atoms with van der Waals surface area (Å²) in [4.78, 5) is 16.1. The van der Waals surface area contributed by atoms with E-state index in [-0.39, 0.29) is 5.91 Å². The molecule has 2 aliphatic carbocycles. The summed E-state index contributed by atoms with van der Waals surface area (Å²) < 4.78 is 5.41. The number of rotatable bonds is 3. The molecule has 0 radical (unpaired) electrons. The number of carbonyl (C=O) groups excluding carboxylic acids is 1. The van der Waals surface area contributed by atoms with E-state index in [4.69, 9.17) is 4.52 Å². The van der Waals surface area contributed by atoms with Crippen molar-refractivity contribution in [1.82, 2.24) is 15.5 Å². The van der Waals surface area contributed by atoms with Crippen LogP contribution in [0.1, 0.15) is 70.0 Å². The van der Waals surface area contributed by atoms with Gasteiger partial charge in [0.05, 0.1) is 0 Å². The van der Waals surface area contributed by atoms with Gasteiger partial charge in [0.1, 0.15) is 5.54 Å². The Bertz CT molecular complexity index is 477. The molecule has 0 spiro atoms. The van der Waals surface area contributed by atoms with Gasteiger partial charge >= 0.3 is 0 Å². The molecule has 3 rings (SSSR count). The Morgan fingerprint density at radius 3 is 2.63 bits per heavy atom. The van der Waals surface area contributed by atoms with Crippen molar-refractivity contribution in [3.05, 3.63) is 11.7 Å². The first-order valence-corrected chi connectivity index (χ1v) is 7.23. The summed E-state index contributed by atoms with van der Waals surface area (Å²) >= 11 is 0. The first kappa shape index (κ1) is 12.6. The summed E-state index contributed by atoms with van der Waals surface area (Å²) in [5.74, 6) is 2.48. The highest BCUT2D eigenvalue weighted by Gasteiger charge is 2.43. The van der Waals surface area contributed by atoms with Gasteiger partial charge in [0.15, 0.2) is 5.82 Å². The van der Waals surface area contributed by atoms with Gasteiger partial charge in [0, 0.05) is 12.8 Å². The molecule has 2 aliphatic rings. The minimum atomic E-state index is -0.399. The first-order chi connectivity index (χ1) is 9.11. The third-order valence-electron chi connectivity index (χ3n) is 4.42. The van der Waals surface area contributed by atoms with Gasteiger partial charge in [0.25, 0.3) is 0 Å². The van der Waals surface area contributed by atoms with E-state index in [9.17, 15) is 4.79 Å². The zero-order valence-electron chi connectivity index (χ0n) is 11.6. The second kappa shape index (κ2) is 4.62. The van der Waals surface area contributed by atoms with Crippen molar-refractivity contribution in [3.63, 3.8) is 0 Å². The molecule has 1 aromatic heterocycles. The molecule has 19 heavy (non-hydrogen) atoms. The van der Waals surface area contributed by atoms with E-state index in [0.717, 1.165) is 38.0 Å². The molecule has 0 saturated heterocycles. The number of aromatic nitrogens is 2. The predicted molar refractivity (Wildman–Crippen MR) is 69.4 cm³/mol. The normalized spacial score (nSPS) is 28.9. The summed E-state index contributed by atoms with van der Waals surface area (Å²) in [6.07, 6.45) is 6.37. The molecular formula is C14H21N3O2. The SMILES string of the molecule is CC(=O)NC1(c2noc([C@@H]3C[C@H]3C)n2)CCCCC1. The lowest BCUT2D eigenvalue weighted by Crippen LogP contribution is -2.47. The first-order valence-electron chi connectivity index (χ1n) is 7.23. The fourth-order valence-electron chi connectivity index (χ4n) is 3.14. The summed E-state index contributed by atoms with van der Waals surface area (Å²) in [5, 5.41) is 7.23. The van der Waals surface area contributed by atoms with Crippen LogP contribution in [0.3, 0.4) is 0 Å². The van der Waals surface area contributed by atoms with Crippen molar-refractivity contribution in [1.29, 1.82) is 0 Å². The Morgan fingerprint density at radius 1 is 1.37 bits per heavy atom. The standard InChI is InChI=1S/C14H21N3O2/c1-9-8-11(9)12-15-13(17-19-12)14(16-10(2)18)6-4-3-5-7-14/h9,11H,3-8H2,1-2H3,(H,16,18)/t9-,11-/m1/s1. The van der Waals surface area contributed by atoms with Crippen molar-refractivity contribution in [2.75, 3.05) is 0 Å². The second-order valence-corrected chi connectivity index (χ2v) is 6.10. The summed E-state index contributed by atoms with van der Waals surface area (Å²) in [5.41, 5.74) is -0.399. The zero-order chi connectivity index (χ0) is 13.5. The number of amides is 1. The van der Waals surface area contributed by atoms with Crippen LogP contribution in [-0.2, 0) is 10.3 Å². The van der Waals surface area contributed by atoms with E-state index in [2.05, 4.69) is 22.4 Å². The third-order valence-corrected chi connectivity index (χ3v) is 4.42. The number of carbonyl (C=O) groups is 1. The van der Waals surface area contributed by atoms with Crippen molar-refractivity contribution in [2.45, 2.75) is 63.8 Å². The Labute approximate surface area is 113 Å². The van der Waals surface area contributed by atoms with E-state index in [0.29, 0.717) is 17.7 Å². The highest BCUT2D eigenvalue weighted by atomic mass is 16.5. The lowest BCUT2D eigenvalue weighted by Gasteiger charge is -2.34. The van der Waals surface area contributed by atoms with Crippen LogP contribution in [0, 0.1) is 5.92 Å². The molecule has 2 atom stereocenters. The maximum absolute atomic E-state index is 11.5. The second-order valence-electron chi connectivity index (χ2n) is 6.10. The lowest BCUT2D eigenvalue weighted by molar-refractivity contribution is -0.121. The number of hydrogen-bond donors (Lipinski definition) is 1. The van der Waals surface area contributed by atoms with E-state index in [1.54, 1.807) is 6.92 Å². The Hall–Kier alpha value is -1.39. The maximum atomic E-state index is 11.5. The molecule has 5 nitrogen and oxygen atoms in total. The molecule has 1 amide bonds. The van der Waals surface area contributed by atoms with Crippen molar-refractivity contribution in [3.8, 4) is 0 Å². The molecule has 1 aromatic rings. The highest BCUT2D eigenvalue weighted by Crippen LogP contribution is 2.47. The molecule has 0 aliphatic heterocycles. The molecule has 0 bridgehead atoms. The van der Waals surface area contributed by atoms with Crippen LogP contribution in [0.25, 0.3) is 0 Å². The molecule has 0 unspecified atom stereocenters. The Balaban J connectivity index is 1.86. The third kappa shape index (κ3) is 2.38. The van der Waals surface area contributed by atoms with Crippen LogP contribution in [0.2, 0.25) is 0 Å². The van der Waals surface area contributed by atoms with Gasteiger partial charge in [-0.1, -0.05) is 31.3 Å². The van der Waals surface area contributed by atoms with Gasteiger partial charge in [0.2, 0.25) is 11.8 Å². The van der Waals surface area contributed by atoms with Crippen LogP contribution < -0.4 is 5.32 Å². The molecule has 0 aromatic carbocycles. The predicted octanol–water partition coefficient (Wildman–Crippen LogP) is 2.49. The average molecular weight is 263 g/mol. The summed E-state index contributed by atoms with van der Waals surface area (Å²) in [7, 11) is 0. The Kier molecular flexibility index (Phi) is 3.07. The van der Waals surface area contributed by atoms with Crippen LogP contribution in [0.4, 0.5) is 0 Å². The largest absolute Gasteiger partial charge is 0.343 e. The van der Waals surface area contributed by atoms with Gasteiger partial charge in [-0.05, 0) is 25.2 Å². The molecule has 104 valence electrons. The fraction of sp³-hybridized carbons (Fsp3) is 0.786. The maximum Gasteiger partial charge on any atom is 0.230 e. The summed E-state index contributed by atoms with van der Waals surface area (Å²) in [6.45, 7) is 3.75. The van der Waals surface area contributed by atoms with E-state index in [1.807, 2.05) is 0 Å². The van der Waals surface area contributed by atoms with Crippen LogP contribution in [-0.4, -0.2) is 16.0 Å². The van der Waals surface area contributed by atoms with Crippen molar-refractivity contribution in [2.24, 2.45) is 5.92 Å². The number of nitrogens with one attached hydrogen (secondary N) is 1. The Morgan fingerprint density at radius 2 is 2.05 bits per heavy atom. The molecule has 5 heteroatoms. The van der Waals surface area contributed by atoms with Crippen molar-refractivity contribution >= 4 is 5.91 Å². The van der Waals surface area contributed by atoms with Crippen LogP contribution >= 0.6 is 0 Å². The smallest absolute Gasteiger partial charge is 0.230 e. The molecule has 2 saturated carbocycles. The zero-order valence-corrected chi connectivity index (χ0v) is 11.6.